The Morgan fingerprint density at radius 2 is 0.689 bits per heavy atom. The van der Waals surface area contributed by atoms with Gasteiger partial charge in [0.25, 0.3) is 12.0 Å². The van der Waals surface area contributed by atoms with Crippen LogP contribution < -0.4 is 66.6 Å². The van der Waals surface area contributed by atoms with Crippen LogP contribution in [0.3, 0.4) is 0 Å². The number of rotatable bonds is 32. The second-order valence-electron chi connectivity index (χ2n) is 26.6. The molecule has 0 saturated carbocycles. The molecule has 0 aliphatic rings. The van der Waals surface area contributed by atoms with E-state index in [1.807, 2.05) is 36.4 Å². The number of halogens is 6. The third kappa shape index (κ3) is 26.2. The van der Waals surface area contributed by atoms with Gasteiger partial charge in [-0.3, -0.25) is 13.7 Å². The smallest absolute Gasteiger partial charge is 0.320 e. The number of H-pyrrole nitrogens is 1. The number of fused-ring (bicyclic) bond motifs is 5. The lowest BCUT2D eigenvalue weighted by Crippen LogP contribution is -2.09. The zero-order chi connectivity index (χ0) is 94.9. The summed E-state index contributed by atoms with van der Waals surface area (Å²) in [5.41, 5.74) is 41.1. The molecule has 0 unspecified atom stereocenters. The van der Waals surface area contributed by atoms with Crippen molar-refractivity contribution in [3.63, 3.8) is 0 Å². The fourth-order valence-electron chi connectivity index (χ4n) is 11.7. The number of benzene rings is 5. The van der Waals surface area contributed by atoms with E-state index in [0.717, 1.165) is 33.1 Å². The van der Waals surface area contributed by atoms with Crippen molar-refractivity contribution in [1.29, 1.82) is 26.3 Å². The van der Waals surface area contributed by atoms with Gasteiger partial charge in [0.1, 0.15) is 74.6 Å². The van der Waals surface area contributed by atoms with E-state index in [1.165, 1.54) is 27.7 Å². The molecule has 684 valence electrons. The van der Waals surface area contributed by atoms with Gasteiger partial charge >= 0.3 is 30.1 Å². The number of anilines is 5. The summed E-state index contributed by atoms with van der Waals surface area (Å²) in [6.45, 7) is 5.24. The average molecular weight is 2010 g/mol. The Hall–Kier alpha value is -14.4. The molecule has 0 radical (unpaired) electrons. The zero-order valence-corrected chi connectivity index (χ0v) is 77.8. The van der Waals surface area contributed by atoms with E-state index in [4.69, 9.17) is 152 Å². The standard InChI is InChI=1S/C18H20N6O4.C17H17ClN6O3.C16H14BrClN6O2.C16H15ClN6O2.C8H5BrClN.C8H11N5O2/c1-25-6-7-28-17-22-15(20)14-16(23-17)24(18(21-14)27-3)10-11-4-5-13(26-2)12(8-11)9-19;1-25-5-6-27-16-22-14(20)13-15(23-16)24(17(21-13)26-2)9-10-3-4-12(18)11(7-10)8-19;1-25-4-5-26-16-22-13(20)12-14(23-16)24(15(17)21-12)8-9-2-3-11(18)10(6-9)7-19;1-24-4-5-25-16-21-14(19)13-15(22-16)23(9-20-13)8-10-2-3-12(17)11(6-10)7-18;9-4-6-1-2-8(10)7(3-6)5-11;1-14-2-3-15-8-12-6(9)5-7(13-8)11-4-10-5/h4-5,8H,6-7,10H2,1-3H3,(H2,20,22,23);3-4,7H,5-6,9H2,1-2H3,(H2,20,22,23);2-3,6H,4-5,8H2,1H3,(H2,20,22,23);2-3,6,9H,4-5,8H2,1H3,(H2,19,21,22);1-3H,4H2;4H,2-3H2,1H3,(H3,9,10,11,12,13). The Morgan fingerprint density at radius 1 is 0.356 bits per heavy atom. The molecule has 0 aliphatic heterocycles. The first kappa shape index (κ1) is 99.8. The molecule has 11 N–H and O–H groups in total. The topological polar surface area (TPSA) is 598 Å². The van der Waals surface area contributed by atoms with Crippen molar-refractivity contribution in [3.05, 3.63) is 184 Å². The maximum Gasteiger partial charge on any atom is 0.320 e. The summed E-state index contributed by atoms with van der Waals surface area (Å²) < 4.78 is 75.2. The van der Waals surface area contributed by atoms with E-state index in [2.05, 4.69) is 136 Å². The average Bonchev–Trinajstić information content (AvgIpc) is 1.64. The Kier molecular flexibility index (Phi) is 37.4. The third-order valence-electron chi connectivity index (χ3n) is 17.9. The molecule has 15 aromatic rings. The van der Waals surface area contributed by atoms with Crippen molar-refractivity contribution in [3.8, 4) is 78.2 Å². The van der Waals surface area contributed by atoms with Gasteiger partial charge in [-0.05, 0) is 104 Å². The highest BCUT2D eigenvalue weighted by Crippen LogP contribution is 2.33. The Labute approximate surface area is 789 Å². The van der Waals surface area contributed by atoms with Crippen LogP contribution in [0, 0.1) is 56.7 Å². The molecule has 15 rings (SSSR count). The fourth-order valence-corrected chi connectivity index (χ4v) is 13.1. The molecule has 0 bridgehead atoms. The van der Waals surface area contributed by atoms with Crippen molar-refractivity contribution < 1.29 is 61.6 Å². The fraction of sp³-hybridized carbons (Fsp3) is 0.277. The molecule has 10 heterocycles. The molecular formula is C83H82Br2Cl4N30O13. The summed E-state index contributed by atoms with van der Waals surface area (Å²) >= 11 is 30.4. The van der Waals surface area contributed by atoms with Crippen LogP contribution in [0.2, 0.25) is 20.1 Å². The summed E-state index contributed by atoms with van der Waals surface area (Å²) in [7, 11) is 12.4. The third-order valence-corrected chi connectivity index (χ3v) is 20.5. The molecule has 0 fully saturated rings. The molecule has 49 heteroatoms. The number of nitrogens with one attached hydrogen (secondary N) is 1. The first-order valence-corrected chi connectivity index (χ1v) is 42.1. The van der Waals surface area contributed by atoms with Crippen LogP contribution in [-0.2, 0) is 55.2 Å². The lowest BCUT2D eigenvalue weighted by Gasteiger charge is -2.10. The number of aromatic amines is 1. The van der Waals surface area contributed by atoms with Crippen LogP contribution in [0.1, 0.15) is 55.6 Å². The number of alkyl halides is 1. The Morgan fingerprint density at radius 3 is 1.08 bits per heavy atom. The molecule has 43 nitrogen and oxygen atoms in total. The van der Waals surface area contributed by atoms with Crippen molar-refractivity contribution in [2.24, 2.45) is 0 Å². The second kappa shape index (κ2) is 49.4. The summed E-state index contributed by atoms with van der Waals surface area (Å²) in [4.78, 5) is 66.1. The monoisotopic (exact) mass is 2000 g/mol. The minimum atomic E-state index is 0.120. The molecule has 0 saturated heterocycles. The molecular weight excluding hydrogens is 1930 g/mol. The SMILES string of the molecule is COCCOc1nc(N)c2[nH]cnc2n1.COCCOc1nc(N)c2nc(Br)n(Cc3ccc(Cl)c(C#N)c3)c2n1.COCCOc1nc(N)c2nc(OC)n(Cc3ccc(Cl)c(C#N)c3)c2n1.COCCOc1nc(N)c2nc(OC)n(Cc3ccc(OC)c(C#N)c3)c2n1.COCCOc1nc(N)c2ncn(Cc3ccc(Cl)c(C#N)c3)c2n1.N#Cc1cc(CBr)ccc1Cl. The highest BCUT2D eigenvalue weighted by molar-refractivity contribution is 9.10. The zero-order valence-electron chi connectivity index (χ0n) is 71.6. The molecule has 132 heavy (non-hydrogen) atoms. The van der Waals surface area contributed by atoms with Crippen molar-refractivity contribution in [2.75, 3.05) is 152 Å². The van der Waals surface area contributed by atoms with E-state index < -0.39 is 0 Å². The summed E-state index contributed by atoms with van der Waals surface area (Å²) in [5.74, 6) is 1.65. The normalized spacial score (nSPS) is 10.6. The first-order chi connectivity index (χ1) is 63.9. The summed E-state index contributed by atoms with van der Waals surface area (Å²) in [6.07, 6.45) is 3.13. The number of ether oxygens (including phenoxy) is 13. The maximum atomic E-state index is 9.31. The lowest BCUT2D eigenvalue weighted by atomic mass is 10.1. The van der Waals surface area contributed by atoms with Crippen LogP contribution in [0.25, 0.3) is 55.8 Å². The van der Waals surface area contributed by atoms with Crippen LogP contribution >= 0.6 is 78.3 Å². The molecule has 10 aromatic heterocycles. The quantitative estimate of drug-likeness (QED) is 0.0130. The number of hydrogen-bond acceptors (Lipinski definition) is 38. The van der Waals surface area contributed by atoms with Gasteiger partial charge in [-0.25, -0.2) is 15.0 Å². The number of nitrogens with two attached hydrogens (primary N) is 5. The van der Waals surface area contributed by atoms with Gasteiger partial charge in [-0.15, -0.1) is 0 Å². The highest BCUT2D eigenvalue weighted by atomic mass is 79.9. The van der Waals surface area contributed by atoms with Gasteiger partial charge in [-0.2, -0.15) is 86.1 Å². The first-order valence-electron chi connectivity index (χ1n) is 38.7. The van der Waals surface area contributed by atoms with Crippen LogP contribution in [0.15, 0.2) is 108 Å². The second-order valence-corrected chi connectivity index (χ2v) is 29.5. The Bertz CT molecular complexity index is 6750. The lowest BCUT2D eigenvalue weighted by molar-refractivity contribution is 0.141. The summed E-state index contributed by atoms with van der Waals surface area (Å²) in [6, 6.07) is 38.2. The van der Waals surface area contributed by atoms with E-state index in [-0.39, 0.29) is 66.5 Å². The van der Waals surface area contributed by atoms with E-state index in [1.54, 1.807) is 121 Å². The molecule has 0 spiro atoms. The number of aromatic nitrogens is 20. The minimum Gasteiger partial charge on any atom is -0.495 e. The molecule has 0 aliphatic carbocycles. The van der Waals surface area contributed by atoms with Gasteiger partial charge in [-0.1, -0.05) is 92.7 Å². The van der Waals surface area contributed by atoms with Crippen LogP contribution in [0.4, 0.5) is 29.1 Å². The Balaban J connectivity index is 0.000000168. The maximum absolute atomic E-state index is 9.31. The number of methoxy groups -OCH3 is 8. The minimum absolute atomic E-state index is 0.120. The molecule has 0 amide bonds. The van der Waals surface area contributed by atoms with Gasteiger partial charge in [0.2, 0.25) is 0 Å². The largest absolute Gasteiger partial charge is 0.495 e. The van der Waals surface area contributed by atoms with Crippen molar-refractivity contribution in [1.82, 2.24) is 98.0 Å². The van der Waals surface area contributed by atoms with Gasteiger partial charge in [0, 0.05) is 40.9 Å². The molecule has 5 aromatic carbocycles. The summed E-state index contributed by atoms with van der Waals surface area (Å²) in [5, 5.41) is 47.8. The van der Waals surface area contributed by atoms with E-state index in [9.17, 15) is 10.5 Å². The molecule has 0 atom stereocenters. The number of nitrogen functional groups attached to an aromatic ring is 5. The van der Waals surface area contributed by atoms with Crippen molar-refractivity contribution >= 4 is 163 Å². The van der Waals surface area contributed by atoms with Crippen molar-refractivity contribution in [2.45, 2.75) is 31.5 Å². The van der Waals surface area contributed by atoms with Gasteiger partial charge in [0.15, 0.2) is 84.1 Å². The number of imidazole rings is 5. The van der Waals surface area contributed by atoms with Crippen LogP contribution in [-0.4, -0.2) is 221 Å². The number of nitrogens with zero attached hydrogens (tertiary/aromatic N) is 24. The number of nitriles is 5. The van der Waals surface area contributed by atoms with Crippen LogP contribution in [0.5, 0.6) is 47.8 Å². The van der Waals surface area contributed by atoms with E-state index in [0.29, 0.717) is 211 Å². The highest BCUT2D eigenvalue weighted by Gasteiger charge is 2.24. The van der Waals surface area contributed by atoms with Gasteiger partial charge in [0.05, 0.1) is 141 Å². The predicted molar refractivity (Wildman–Crippen MR) is 494 cm³/mol. The predicted octanol–water partition coefficient (Wildman–Crippen LogP) is 11.2. The van der Waals surface area contributed by atoms with Gasteiger partial charge < -0.3 is 99.8 Å². The number of hydrogen-bond donors (Lipinski definition) is 6. The van der Waals surface area contributed by atoms with E-state index >= 15 is 0 Å².